The lowest BCUT2D eigenvalue weighted by Gasteiger charge is -2.31. The number of rotatable bonds is 9. The number of fused-ring (bicyclic) bond motifs is 1. The Morgan fingerprint density at radius 2 is 1.66 bits per heavy atom. The number of nitrogens with one attached hydrogen (secondary N) is 1. The molecule has 0 saturated carbocycles. The van der Waals surface area contributed by atoms with E-state index in [9.17, 15) is 9.59 Å². The van der Waals surface area contributed by atoms with Gasteiger partial charge in [-0.15, -0.1) is 0 Å². The zero-order chi connectivity index (χ0) is 24.6. The van der Waals surface area contributed by atoms with Crippen LogP contribution in [0.3, 0.4) is 0 Å². The van der Waals surface area contributed by atoms with Gasteiger partial charge in [0.2, 0.25) is 11.8 Å². The number of halogens is 1. The SMILES string of the molecule is CNC(=O)[C@H](Cc1ccccc1)N(Cc1cccc(Br)c1)C(=O)CCc1ccc2c(c1)OCCO2. The summed E-state index contributed by atoms with van der Waals surface area (Å²) in [6, 6.07) is 22.7. The fourth-order valence-corrected chi connectivity index (χ4v) is 4.64. The van der Waals surface area contributed by atoms with E-state index < -0.39 is 6.04 Å². The number of hydrogen-bond donors (Lipinski definition) is 1. The predicted molar refractivity (Wildman–Crippen MR) is 138 cm³/mol. The predicted octanol–water partition coefficient (Wildman–Crippen LogP) is 4.54. The summed E-state index contributed by atoms with van der Waals surface area (Å²) in [6.07, 6.45) is 1.25. The van der Waals surface area contributed by atoms with Crippen LogP contribution in [-0.2, 0) is 29.0 Å². The van der Waals surface area contributed by atoms with Crippen LogP contribution >= 0.6 is 15.9 Å². The molecule has 0 aliphatic carbocycles. The molecule has 1 N–H and O–H groups in total. The molecule has 4 rings (SSSR count). The summed E-state index contributed by atoms with van der Waals surface area (Å²) in [5, 5.41) is 2.75. The van der Waals surface area contributed by atoms with Gasteiger partial charge in [0, 0.05) is 30.9 Å². The number of likely N-dealkylation sites (N-methyl/N-ethyl adjacent to an activating group) is 1. The van der Waals surface area contributed by atoms with Gasteiger partial charge in [-0.2, -0.15) is 0 Å². The molecular formula is C28H29BrN2O4. The van der Waals surface area contributed by atoms with Gasteiger partial charge >= 0.3 is 0 Å². The maximum absolute atomic E-state index is 13.6. The van der Waals surface area contributed by atoms with E-state index in [0.717, 1.165) is 26.9 Å². The average molecular weight is 537 g/mol. The Balaban J connectivity index is 1.56. The molecule has 1 heterocycles. The van der Waals surface area contributed by atoms with Crippen LogP contribution < -0.4 is 14.8 Å². The first-order valence-corrected chi connectivity index (χ1v) is 12.5. The van der Waals surface area contributed by atoms with Gasteiger partial charge in [0.15, 0.2) is 11.5 Å². The molecule has 1 aliphatic heterocycles. The Bertz CT molecular complexity index is 1170. The molecule has 0 radical (unpaired) electrons. The first kappa shape index (κ1) is 24.8. The van der Waals surface area contributed by atoms with Crippen LogP contribution in [0, 0.1) is 0 Å². The molecule has 0 unspecified atom stereocenters. The lowest BCUT2D eigenvalue weighted by molar-refractivity contribution is -0.141. The van der Waals surface area contributed by atoms with Crippen molar-refractivity contribution in [2.75, 3.05) is 20.3 Å². The highest BCUT2D eigenvalue weighted by atomic mass is 79.9. The van der Waals surface area contributed by atoms with Crippen LogP contribution in [0.25, 0.3) is 0 Å². The maximum atomic E-state index is 13.6. The fraction of sp³-hybridized carbons (Fsp3) is 0.286. The monoisotopic (exact) mass is 536 g/mol. The summed E-state index contributed by atoms with van der Waals surface area (Å²) in [7, 11) is 1.61. The number of carbonyl (C=O) groups is 2. The number of benzene rings is 3. The lowest BCUT2D eigenvalue weighted by atomic mass is 10.0. The van der Waals surface area contributed by atoms with Crippen LogP contribution in [0.1, 0.15) is 23.1 Å². The number of carbonyl (C=O) groups excluding carboxylic acids is 2. The van der Waals surface area contributed by atoms with Gasteiger partial charge in [0.1, 0.15) is 19.3 Å². The highest BCUT2D eigenvalue weighted by molar-refractivity contribution is 9.10. The van der Waals surface area contributed by atoms with E-state index in [2.05, 4.69) is 21.2 Å². The molecule has 3 aromatic rings. The lowest BCUT2D eigenvalue weighted by Crippen LogP contribution is -2.49. The minimum absolute atomic E-state index is 0.0793. The molecule has 1 aliphatic rings. The smallest absolute Gasteiger partial charge is 0.242 e. The largest absolute Gasteiger partial charge is 0.486 e. The van der Waals surface area contributed by atoms with Crippen LogP contribution in [0.5, 0.6) is 11.5 Å². The van der Waals surface area contributed by atoms with Gasteiger partial charge in [-0.05, 0) is 47.4 Å². The molecule has 0 aromatic heterocycles. The first-order chi connectivity index (χ1) is 17.0. The van der Waals surface area contributed by atoms with Gasteiger partial charge in [-0.1, -0.05) is 64.5 Å². The summed E-state index contributed by atoms with van der Waals surface area (Å²) in [4.78, 5) is 28.3. The molecule has 3 aromatic carbocycles. The standard InChI is InChI=1S/C28H29BrN2O4/c1-30-28(33)24(17-20-6-3-2-4-7-20)31(19-22-8-5-9-23(29)16-22)27(32)13-11-21-10-12-25-26(18-21)35-15-14-34-25/h2-10,12,16,18,24H,11,13-15,17,19H2,1H3,(H,30,33)/t24-/m0/s1. The molecule has 0 fully saturated rings. The van der Waals surface area contributed by atoms with E-state index >= 15 is 0 Å². The van der Waals surface area contributed by atoms with Gasteiger partial charge < -0.3 is 19.7 Å². The molecule has 1 atom stereocenters. The zero-order valence-electron chi connectivity index (χ0n) is 19.7. The molecule has 182 valence electrons. The van der Waals surface area contributed by atoms with E-state index in [1.54, 1.807) is 11.9 Å². The number of hydrogen-bond acceptors (Lipinski definition) is 4. The summed E-state index contributed by atoms with van der Waals surface area (Å²) < 4.78 is 12.2. The second kappa shape index (κ2) is 11.9. The van der Waals surface area contributed by atoms with Crippen LogP contribution in [0.4, 0.5) is 0 Å². The maximum Gasteiger partial charge on any atom is 0.242 e. The Morgan fingerprint density at radius 3 is 2.40 bits per heavy atom. The van der Waals surface area contributed by atoms with Crippen molar-refractivity contribution in [3.05, 3.63) is 94.0 Å². The Morgan fingerprint density at radius 1 is 0.914 bits per heavy atom. The third-order valence-corrected chi connectivity index (χ3v) is 6.49. The highest BCUT2D eigenvalue weighted by Crippen LogP contribution is 2.31. The summed E-state index contributed by atoms with van der Waals surface area (Å²) in [5.41, 5.74) is 2.94. The van der Waals surface area contributed by atoms with Gasteiger partial charge in [-0.3, -0.25) is 9.59 Å². The molecule has 7 heteroatoms. The Hall–Kier alpha value is -3.32. The fourth-order valence-electron chi connectivity index (χ4n) is 4.19. The van der Waals surface area contributed by atoms with Crippen molar-refractivity contribution in [2.45, 2.75) is 31.8 Å². The average Bonchev–Trinajstić information content (AvgIpc) is 2.89. The summed E-state index contributed by atoms with van der Waals surface area (Å²) >= 11 is 3.51. The van der Waals surface area contributed by atoms with Crippen molar-refractivity contribution < 1.29 is 19.1 Å². The van der Waals surface area contributed by atoms with Crippen molar-refractivity contribution >= 4 is 27.7 Å². The van der Waals surface area contributed by atoms with Crippen LogP contribution in [0.2, 0.25) is 0 Å². The normalized spacial score (nSPS) is 13.1. The second-order valence-corrected chi connectivity index (χ2v) is 9.37. The van der Waals surface area contributed by atoms with E-state index in [-0.39, 0.29) is 18.2 Å². The molecule has 0 spiro atoms. The highest BCUT2D eigenvalue weighted by Gasteiger charge is 2.29. The minimum atomic E-state index is -0.630. The van der Waals surface area contributed by atoms with Crippen molar-refractivity contribution in [3.8, 4) is 11.5 Å². The third-order valence-electron chi connectivity index (χ3n) is 5.99. The molecule has 6 nitrogen and oxygen atoms in total. The zero-order valence-corrected chi connectivity index (χ0v) is 21.3. The quantitative estimate of drug-likeness (QED) is 0.436. The Labute approximate surface area is 214 Å². The van der Waals surface area contributed by atoms with E-state index in [1.807, 2.05) is 72.8 Å². The number of nitrogens with zero attached hydrogens (tertiary/aromatic N) is 1. The molecule has 0 bridgehead atoms. The minimum Gasteiger partial charge on any atom is -0.486 e. The summed E-state index contributed by atoms with van der Waals surface area (Å²) in [5.74, 6) is 1.17. The number of amides is 2. The third kappa shape index (κ3) is 6.63. The number of ether oxygens (including phenoxy) is 2. The molecule has 0 saturated heterocycles. The Kier molecular flexibility index (Phi) is 8.42. The van der Waals surface area contributed by atoms with Gasteiger partial charge in [0.25, 0.3) is 0 Å². The molecule has 35 heavy (non-hydrogen) atoms. The number of aryl methyl sites for hydroxylation is 1. The summed E-state index contributed by atoms with van der Waals surface area (Å²) in [6.45, 7) is 1.39. The topological polar surface area (TPSA) is 67.9 Å². The first-order valence-electron chi connectivity index (χ1n) is 11.7. The van der Waals surface area contributed by atoms with Gasteiger partial charge in [0.05, 0.1) is 0 Å². The van der Waals surface area contributed by atoms with Crippen molar-refractivity contribution in [2.24, 2.45) is 0 Å². The van der Waals surface area contributed by atoms with Crippen molar-refractivity contribution in [3.63, 3.8) is 0 Å². The van der Waals surface area contributed by atoms with Crippen LogP contribution in [0.15, 0.2) is 77.3 Å². The van der Waals surface area contributed by atoms with E-state index in [0.29, 0.717) is 38.3 Å². The van der Waals surface area contributed by atoms with Crippen LogP contribution in [-0.4, -0.2) is 43.0 Å². The van der Waals surface area contributed by atoms with Crippen molar-refractivity contribution in [1.82, 2.24) is 10.2 Å². The molecular weight excluding hydrogens is 508 g/mol. The molecule has 2 amide bonds. The van der Waals surface area contributed by atoms with E-state index in [1.165, 1.54) is 0 Å². The second-order valence-electron chi connectivity index (χ2n) is 8.45. The van der Waals surface area contributed by atoms with E-state index in [4.69, 9.17) is 9.47 Å². The van der Waals surface area contributed by atoms with Crippen molar-refractivity contribution in [1.29, 1.82) is 0 Å². The van der Waals surface area contributed by atoms with Gasteiger partial charge in [-0.25, -0.2) is 0 Å².